The Morgan fingerprint density at radius 1 is 1.10 bits per heavy atom. The Morgan fingerprint density at radius 2 is 1.86 bits per heavy atom. The van der Waals surface area contributed by atoms with Crippen LogP contribution < -0.4 is 5.69 Å². The first kappa shape index (κ1) is 19.2. The van der Waals surface area contributed by atoms with Gasteiger partial charge in [0.25, 0.3) is 15.9 Å². The number of rotatable bonds is 5. The zero-order valence-electron chi connectivity index (χ0n) is 15.6. The molecular formula is C19H17N3O5S2. The van der Waals surface area contributed by atoms with Crippen molar-refractivity contribution >= 4 is 38.3 Å². The van der Waals surface area contributed by atoms with E-state index in [1.807, 2.05) is 0 Å². The van der Waals surface area contributed by atoms with Crippen LogP contribution in [-0.4, -0.2) is 27.8 Å². The molecular weight excluding hydrogens is 414 g/mol. The number of nitrogens with zero attached hydrogens (tertiary/aromatic N) is 3. The van der Waals surface area contributed by atoms with E-state index in [4.69, 9.17) is 4.42 Å². The molecule has 0 atom stereocenters. The molecule has 8 nitrogen and oxygen atoms in total. The van der Waals surface area contributed by atoms with Gasteiger partial charge in [-0.3, -0.25) is 13.9 Å². The first-order valence-corrected chi connectivity index (χ1v) is 10.9. The molecule has 0 radical (unpaired) electrons. The third-order valence-electron chi connectivity index (χ3n) is 4.67. The molecule has 1 amide bonds. The van der Waals surface area contributed by atoms with Gasteiger partial charge >= 0.3 is 5.69 Å². The van der Waals surface area contributed by atoms with Crippen molar-refractivity contribution in [3.05, 3.63) is 75.2 Å². The van der Waals surface area contributed by atoms with Crippen LogP contribution in [0.3, 0.4) is 0 Å². The van der Waals surface area contributed by atoms with Gasteiger partial charge in [-0.1, -0.05) is 6.07 Å². The lowest BCUT2D eigenvalue weighted by Gasteiger charge is -2.21. The second-order valence-electron chi connectivity index (χ2n) is 6.42. The van der Waals surface area contributed by atoms with Crippen molar-refractivity contribution in [3.8, 4) is 0 Å². The molecule has 0 aliphatic carbocycles. The Balaban J connectivity index is 1.84. The molecule has 0 saturated heterocycles. The molecule has 0 N–H and O–H groups in total. The summed E-state index contributed by atoms with van der Waals surface area (Å²) in [4.78, 5) is 25.4. The maximum absolute atomic E-state index is 13.4. The van der Waals surface area contributed by atoms with Crippen LogP contribution in [0.5, 0.6) is 0 Å². The van der Waals surface area contributed by atoms with Crippen LogP contribution in [0.15, 0.2) is 68.2 Å². The Kier molecular flexibility index (Phi) is 4.67. The van der Waals surface area contributed by atoms with Crippen molar-refractivity contribution in [2.24, 2.45) is 14.1 Å². The molecule has 0 saturated carbocycles. The second-order valence-corrected chi connectivity index (χ2v) is 9.23. The number of aryl methyl sites for hydroxylation is 2. The standard InChI is InChI=1S/C19H17N3O5S2/c1-20-15-8-7-14(11-16(15)21(2)19(20)24)29(25,26)22(12-13-5-3-9-27-13)18(23)17-6-4-10-28-17/h3-11H,12H2,1-2H3. The minimum Gasteiger partial charge on any atom is -0.467 e. The van der Waals surface area contributed by atoms with E-state index in [2.05, 4.69) is 0 Å². The second kappa shape index (κ2) is 7.05. The van der Waals surface area contributed by atoms with E-state index in [-0.39, 0.29) is 17.1 Å². The summed E-state index contributed by atoms with van der Waals surface area (Å²) in [5.74, 6) is -0.301. The number of fused-ring (bicyclic) bond motifs is 1. The molecule has 0 spiro atoms. The van der Waals surface area contributed by atoms with Crippen molar-refractivity contribution in [2.75, 3.05) is 0 Å². The van der Waals surface area contributed by atoms with Crippen molar-refractivity contribution in [3.63, 3.8) is 0 Å². The SMILES string of the molecule is Cn1c(=O)n(C)c2cc(S(=O)(=O)N(Cc3ccco3)C(=O)c3cccs3)ccc21. The quantitative estimate of drug-likeness (QED) is 0.484. The molecule has 0 aliphatic heterocycles. The number of carbonyl (C=O) groups excluding carboxylic acids is 1. The summed E-state index contributed by atoms with van der Waals surface area (Å²) < 4.78 is 35.7. The van der Waals surface area contributed by atoms with E-state index in [0.717, 1.165) is 15.6 Å². The maximum Gasteiger partial charge on any atom is 0.328 e. The number of aromatic nitrogens is 2. The predicted octanol–water partition coefficient (Wildman–Crippen LogP) is 2.56. The number of sulfonamides is 1. The van der Waals surface area contributed by atoms with E-state index in [1.165, 1.54) is 27.5 Å². The highest BCUT2D eigenvalue weighted by atomic mass is 32.2. The number of imidazole rings is 1. The highest BCUT2D eigenvalue weighted by Crippen LogP contribution is 2.25. The van der Waals surface area contributed by atoms with E-state index < -0.39 is 15.9 Å². The lowest BCUT2D eigenvalue weighted by Crippen LogP contribution is -2.36. The van der Waals surface area contributed by atoms with Crippen molar-refractivity contribution in [1.82, 2.24) is 13.4 Å². The number of benzene rings is 1. The third-order valence-corrected chi connectivity index (χ3v) is 7.25. The number of amides is 1. The minimum atomic E-state index is -4.21. The number of hydrogen-bond donors (Lipinski definition) is 0. The summed E-state index contributed by atoms with van der Waals surface area (Å²) in [5.41, 5.74) is 0.787. The van der Waals surface area contributed by atoms with Gasteiger partial charge in [0.1, 0.15) is 5.76 Å². The molecule has 3 heterocycles. The molecule has 0 unspecified atom stereocenters. The average Bonchev–Trinajstić information content (AvgIpc) is 3.46. The Labute approximate surface area is 170 Å². The normalized spacial score (nSPS) is 11.8. The van der Waals surface area contributed by atoms with Gasteiger partial charge in [0.15, 0.2) is 0 Å². The molecule has 10 heteroatoms. The largest absolute Gasteiger partial charge is 0.467 e. The Hall–Kier alpha value is -3.11. The zero-order chi connectivity index (χ0) is 20.8. The van der Waals surface area contributed by atoms with E-state index >= 15 is 0 Å². The van der Waals surface area contributed by atoms with Gasteiger partial charge in [-0.25, -0.2) is 17.5 Å². The number of carbonyl (C=O) groups is 1. The number of hydrogen-bond acceptors (Lipinski definition) is 6. The van der Waals surface area contributed by atoms with Crippen LogP contribution in [0.2, 0.25) is 0 Å². The first-order valence-electron chi connectivity index (χ1n) is 8.59. The summed E-state index contributed by atoms with van der Waals surface area (Å²) in [6, 6.07) is 10.8. The van der Waals surface area contributed by atoms with Gasteiger partial charge in [0, 0.05) is 14.1 Å². The molecule has 0 fully saturated rings. The van der Waals surface area contributed by atoms with Crippen LogP contribution in [-0.2, 0) is 30.7 Å². The van der Waals surface area contributed by atoms with Crippen LogP contribution in [0.25, 0.3) is 11.0 Å². The number of furan rings is 1. The molecule has 3 aromatic heterocycles. The lowest BCUT2D eigenvalue weighted by molar-refractivity contribution is 0.0853. The summed E-state index contributed by atoms with van der Waals surface area (Å²) >= 11 is 1.16. The summed E-state index contributed by atoms with van der Waals surface area (Å²) in [7, 11) is -1.03. The van der Waals surface area contributed by atoms with Crippen molar-refractivity contribution < 1.29 is 17.6 Å². The fourth-order valence-electron chi connectivity index (χ4n) is 3.11. The van der Waals surface area contributed by atoms with Gasteiger partial charge in [0.05, 0.1) is 33.6 Å². The first-order chi connectivity index (χ1) is 13.8. The fraction of sp³-hybridized carbons (Fsp3) is 0.158. The smallest absolute Gasteiger partial charge is 0.328 e. The summed E-state index contributed by atoms with van der Waals surface area (Å²) in [6.45, 7) is -0.238. The Bertz CT molecular complexity index is 1350. The van der Waals surface area contributed by atoms with E-state index in [1.54, 1.807) is 49.8 Å². The summed E-state index contributed by atoms with van der Waals surface area (Å²) in [5, 5.41) is 1.71. The Morgan fingerprint density at radius 3 is 2.52 bits per heavy atom. The molecule has 0 aliphatic rings. The summed E-state index contributed by atoms with van der Waals surface area (Å²) in [6.07, 6.45) is 1.42. The van der Waals surface area contributed by atoms with E-state index in [9.17, 15) is 18.0 Å². The number of thiophene rings is 1. The van der Waals surface area contributed by atoms with E-state index in [0.29, 0.717) is 21.7 Å². The maximum atomic E-state index is 13.4. The zero-order valence-corrected chi connectivity index (χ0v) is 17.2. The highest BCUT2D eigenvalue weighted by molar-refractivity contribution is 7.89. The topological polar surface area (TPSA) is 94.5 Å². The van der Waals surface area contributed by atoms with Crippen molar-refractivity contribution in [2.45, 2.75) is 11.4 Å². The lowest BCUT2D eigenvalue weighted by atomic mass is 10.3. The predicted molar refractivity (Wildman–Crippen MR) is 108 cm³/mol. The van der Waals surface area contributed by atoms with Crippen LogP contribution in [0.1, 0.15) is 15.4 Å². The third kappa shape index (κ3) is 3.19. The highest BCUT2D eigenvalue weighted by Gasteiger charge is 2.32. The molecule has 4 rings (SSSR count). The van der Waals surface area contributed by atoms with Crippen LogP contribution >= 0.6 is 11.3 Å². The van der Waals surface area contributed by atoms with Gasteiger partial charge in [0.2, 0.25) is 0 Å². The molecule has 1 aromatic carbocycles. The minimum absolute atomic E-state index is 0.0809. The van der Waals surface area contributed by atoms with Crippen molar-refractivity contribution in [1.29, 1.82) is 0 Å². The van der Waals surface area contributed by atoms with Gasteiger partial charge in [-0.05, 0) is 41.8 Å². The van der Waals surface area contributed by atoms with Crippen LogP contribution in [0.4, 0.5) is 0 Å². The molecule has 0 bridgehead atoms. The molecule has 29 heavy (non-hydrogen) atoms. The molecule has 4 aromatic rings. The monoisotopic (exact) mass is 431 g/mol. The molecule has 150 valence electrons. The van der Waals surface area contributed by atoms with Gasteiger partial charge in [-0.2, -0.15) is 0 Å². The van der Waals surface area contributed by atoms with Gasteiger partial charge < -0.3 is 4.42 Å². The average molecular weight is 431 g/mol. The van der Waals surface area contributed by atoms with Crippen LogP contribution in [0, 0.1) is 0 Å². The fourth-order valence-corrected chi connectivity index (χ4v) is 5.21. The van der Waals surface area contributed by atoms with Gasteiger partial charge in [-0.15, -0.1) is 11.3 Å².